The third-order valence-electron chi connectivity index (χ3n) is 2.75. The zero-order valence-electron chi connectivity index (χ0n) is 10.4. The van der Waals surface area contributed by atoms with Crippen molar-refractivity contribution >= 4 is 31.9 Å². The van der Waals surface area contributed by atoms with Gasteiger partial charge in [-0.1, -0.05) is 13.0 Å². The molecule has 2 aromatic rings. The third-order valence-corrected chi connectivity index (χ3v) is 3.82. The summed E-state index contributed by atoms with van der Waals surface area (Å²) in [5, 5.41) is 3.37. The number of hydrogen-bond acceptors (Lipinski definition) is 2. The summed E-state index contributed by atoms with van der Waals surface area (Å²) in [4.78, 5) is 0. The van der Waals surface area contributed by atoms with Crippen molar-refractivity contribution in [3.63, 3.8) is 0 Å². The monoisotopic (exact) mass is 389 g/mol. The van der Waals surface area contributed by atoms with E-state index >= 15 is 0 Å². The summed E-state index contributed by atoms with van der Waals surface area (Å²) in [7, 11) is 0. The lowest BCUT2D eigenvalue weighted by atomic mass is 10.0. The molecule has 1 aromatic carbocycles. The molecule has 0 aliphatic rings. The Morgan fingerprint density at radius 1 is 1.26 bits per heavy atom. The van der Waals surface area contributed by atoms with Crippen molar-refractivity contribution in [1.29, 1.82) is 0 Å². The smallest absolute Gasteiger partial charge is 0.169 e. The minimum absolute atomic E-state index is 0.145. The first-order valence-electron chi connectivity index (χ1n) is 6.05. The van der Waals surface area contributed by atoms with E-state index in [4.69, 9.17) is 4.42 Å². The molecule has 5 heteroatoms. The van der Waals surface area contributed by atoms with E-state index < -0.39 is 0 Å². The van der Waals surface area contributed by atoms with Crippen LogP contribution >= 0.6 is 31.9 Å². The van der Waals surface area contributed by atoms with E-state index in [9.17, 15) is 4.39 Å². The van der Waals surface area contributed by atoms with Crippen molar-refractivity contribution in [1.82, 2.24) is 5.32 Å². The molecule has 1 N–H and O–H groups in total. The van der Waals surface area contributed by atoms with E-state index in [1.165, 1.54) is 6.07 Å². The normalized spacial score (nSPS) is 12.6. The molecule has 2 rings (SSSR count). The molecule has 0 aliphatic heterocycles. The lowest BCUT2D eigenvalue weighted by Crippen LogP contribution is -2.22. The fourth-order valence-corrected chi connectivity index (χ4v) is 2.41. The van der Waals surface area contributed by atoms with Crippen molar-refractivity contribution < 1.29 is 8.81 Å². The van der Waals surface area contributed by atoms with E-state index in [2.05, 4.69) is 44.1 Å². The summed E-state index contributed by atoms with van der Waals surface area (Å²) in [6, 6.07) is 8.70. The average molecular weight is 391 g/mol. The molecule has 0 saturated carbocycles. The third kappa shape index (κ3) is 3.68. The van der Waals surface area contributed by atoms with Crippen LogP contribution in [-0.4, -0.2) is 6.54 Å². The fraction of sp³-hybridized carbons (Fsp3) is 0.286. The number of benzene rings is 1. The maximum Gasteiger partial charge on any atom is 0.169 e. The van der Waals surface area contributed by atoms with Gasteiger partial charge in [0.15, 0.2) is 4.67 Å². The van der Waals surface area contributed by atoms with Gasteiger partial charge in [0.05, 0.1) is 10.5 Å². The highest BCUT2D eigenvalue weighted by atomic mass is 79.9. The highest BCUT2D eigenvalue weighted by molar-refractivity contribution is 9.10. The van der Waals surface area contributed by atoms with Gasteiger partial charge in [-0.05, 0) is 74.7 Å². The molecule has 1 heterocycles. The van der Waals surface area contributed by atoms with Crippen molar-refractivity contribution in [2.45, 2.75) is 19.4 Å². The van der Waals surface area contributed by atoms with Gasteiger partial charge in [0.1, 0.15) is 11.6 Å². The van der Waals surface area contributed by atoms with E-state index in [1.54, 1.807) is 6.07 Å². The molecule has 1 unspecified atom stereocenters. The maximum atomic E-state index is 13.7. The molecular formula is C14H14Br2FNO. The van der Waals surface area contributed by atoms with Crippen LogP contribution in [0.3, 0.4) is 0 Å². The zero-order valence-corrected chi connectivity index (χ0v) is 13.6. The summed E-state index contributed by atoms with van der Waals surface area (Å²) >= 11 is 6.46. The Bertz CT molecular complexity index is 556. The van der Waals surface area contributed by atoms with Crippen LogP contribution in [0, 0.1) is 5.82 Å². The lowest BCUT2D eigenvalue weighted by Gasteiger charge is -2.17. The highest BCUT2D eigenvalue weighted by Gasteiger charge is 2.18. The largest absolute Gasteiger partial charge is 0.452 e. The van der Waals surface area contributed by atoms with Crippen LogP contribution in [0.1, 0.15) is 30.7 Å². The van der Waals surface area contributed by atoms with Crippen molar-refractivity contribution in [3.8, 4) is 0 Å². The molecule has 0 spiro atoms. The van der Waals surface area contributed by atoms with Crippen LogP contribution in [0.5, 0.6) is 0 Å². The van der Waals surface area contributed by atoms with Gasteiger partial charge in [-0.25, -0.2) is 4.39 Å². The van der Waals surface area contributed by atoms with Crippen molar-refractivity contribution in [2.75, 3.05) is 6.54 Å². The van der Waals surface area contributed by atoms with Gasteiger partial charge < -0.3 is 9.73 Å². The summed E-state index contributed by atoms with van der Waals surface area (Å²) < 4.78 is 20.4. The second-order valence-electron chi connectivity index (χ2n) is 4.20. The Morgan fingerprint density at radius 2 is 2.05 bits per heavy atom. The first kappa shape index (κ1) is 14.8. The minimum atomic E-state index is -0.272. The van der Waals surface area contributed by atoms with Crippen LogP contribution < -0.4 is 5.32 Å². The lowest BCUT2D eigenvalue weighted by molar-refractivity contribution is 0.432. The molecule has 0 bridgehead atoms. The molecule has 19 heavy (non-hydrogen) atoms. The molecule has 0 radical (unpaired) electrons. The molecule has 0 aliphatic carbocycles. The van der Waals surface area contributed by atoms with Gasteiger partial charge in [-0.15, -0.1) is 0 Å². The van der Waals surface area contributed by atoms with Gasteiger partial charge in [0, 0.05) is 0 Å². The van der Waals surface area contributed by atoms with Gasteiger partial charge in [0.2, 0.25) is 0 Å². The quantitative estimate of drug-likeness (QED) is 0.774. The maximum absolute atomic E-state index is 13.7. The molecule has 0 saturated heterocycles. The van der Waals surface area contributed by atoms with Crippen LogP contribution in [-0.2, 0) is 0 Å². The standard InChI is InChI=1S/C14H14Br2FNO/c1-2-7-18-14(12-5-6-13(16)19-12)9-3-4-10(15)11(17)8-9/h3-6,8,14,18H,2,7H2,1H3. The van der Waals surface area contributed by atoms with Gasteiger partial charge >= 0.3 is 0 Å². The second-order valence-corrected chi connectivity index (χ2v) is 5.84. The van der Waals surface area contributed by atoms with Crippen LogP contribution in [0.4, 0.5) is 4.39 Å². The molecule has 0 amide bonds. The first-order valence-corrected chi connectivity index (χ1v) is 7.64. The van der Waals surface area contributed by atoms with Crippen molar-refractivity contribution in [3.05, 3.63) is 56.6 Å². The van der Waals surface area contributed by atoms with Crippen LogP contribution in [0.25, 0.3) is 0 Å². The molecular weight excluding hydrogens is 377 g/mol. The zero-order chi connectivity index (χ0) is 13.8. The first-order chi connectivity index (χ1) is 9.11. The van der Waals surface area contributed by atoms with Crippen LogP contribution in [0.15, 0.2) is 43.9 Å². The summed E-state index contributed by atoms with van der Waals surface area (Å²) in [6.07, 6.45) is 0.997. The Labute approximate surface area is 128 Å². The Kier molecular flexibility index (Phi) is 5.19. The predicted octanol–water partition coefficient (Wildman–Crippen LogP) is 5.03. The topological polar surface area (TPSA) is 25.2 Å². The average Bonchev–Trinajstić information content (AvgIpc) is 2.80. The molecule has 1 aromatic heterocycles. The Morgan fingerprint density at radius 3 is 2.63 bits per heavy atom. The van der Waals surface area contributed by atoms with Gasteiger partial charge in [-0.3, -0.25) is 0 Å². The van der Waals surface area contributed by atoms with E-state index in [0.717, 1.165) is 24.3 Å². The minimum Gasteiger partial charge on any atom is -0.452 e. The van der Waals surface area contributed by atoms with E-state index in [1.807, 2.05) is 18.2 Å². The van der Waals surface area contributed by atoms with Gasteiger partial charge in [-0.2, -0.15) is 0 Å². The number of furan rings is 1. The number of hydrogen-bond donors (Lipinski definition) is 1. The second kappa shape index (κ2) is 6.68. The predicted molar refractivity (Wildman–Crippen MR) is 80.6 cm³/mol. The van der Waals surface area contributed by atoms with Crippen molar-refractivity contribution in [2.24, 2.45) is 0 Å². The number of rotatable bonds is 5. The van der Waals surface area contributed by atoms with Crippen LogP contribution in [0.2, 0.25) is 0 Å². The summed E-state index contributed by atoms with van der Waals surface area (Å²) in [5.74, 6) is 0.494. The van der Waals surface area contributed by atoms with Gasteiger partial charge in [0.25, 0.3) is 0 Å². The van der Waals surface area contributed by atoms with E-state index in [0.29, 0.717) is 9.14 Å². The number of nitrogens with one attached hydrogen (secondary N) is 1. The highest BCUT2D eigenvalue weighted by Crippen LogP contribution is 2.28. The molecule has 2 nitrogen and oxygen atoms in total. The molecule has 0 fully saturated rings. The van der Waals surface area contributed by atoms with E-state index in [-0.39, 0.29) is 11.9 Å². The number of halogens is 3. The summed E-state index contributed by atoms with van der Waals surface area (Å²) in [6.45, 7) is 2.92. The molecule has 102 valence electrons. The summed E-state index contributed by atoms with van der Waals surface area (Å²) in [5.41, 5.74) is 0.844. The molecule has 1 atom stereocenters. The fourth-order valence-electron chi connectivity index (χ4n) is 1.85. The SMILES string of the molecule is CCCNC(c1ccc(Br)c(F)c1)c1ccc(Br)o1. The Balaban J connectivity index is 2.33. The Hall–Kier alpha value is -0.650.